The van der Waals surface area contributed by atoms with E-state index >= 15 is 0 Å². The number of amides is 1. The molecule has 0 unspecified atom stereocenters. The molecule has 0 saturated carbocycles. The van der Waals surface area contributed by atoms with Gasteiger partial charge in [0.2, 0.25) is 0 Å². The molecule has 23 heavy (non-hydrogen) atoms. The van der Waals surface area contributed by atoms with Gasteiger partial charge in [-0.2, -0.15) is 11.8 Å². The van der Waals surface area contributed by atoms with Crippen molar-refractivity contribution >= 4 is 34.4 Å². The number of nitrogens with one attached hydrogen (secondary N) is 1. The Morgan fingerprint density at radius 1 is 1.26 bits per heavy atom. The monoisotopic (exact) mass is 323 g/mol. The summed E-state index contributed by atoms with van der Waals surface area (Å²) in [7, 11) is 0. The van der Waals surface area contributed by atoms with Gasteiger partial charge in [-0.1, -0.05) is 18.2 Å². The Hall–Kier alpha value is -2.27. The van der Waals surface area contributed by atoms with Crippen LogP contribution in [-0.2, 0) is 12.3 Å². The maximum Gasteiger partial charge on any atom is 0.255 e. The summed E-state index contributed by atoms with van der Waals surface area (Å²) in [4.78, 5) is 17.1. The molecule has 2 heterocycles. The van der Waals surface area contributed by atoms with E-state index in [0.717, 1.165) is 46.2 Å². The zero-order chi connectivity index (χ0) is 15.8. The van der Waals surface area contributed by atoms with Crippen molar-refractivity contribution in [2.45, 2.75) is 19.2 Å². The van der Waals surface area contributed by atoms with Gasteiger partial charge in [-0.15, -0.1) is 0 Å². The van der Waals surface area contributed by atoms with Crippen LogP contribution in [0.4, 0.5) is 5.69 Å². The highest BCUT2D eigenvalue weighted by Crippen LogP contribution is 2.26. The summed E-state index contributed by atoms with van der Waals surface area (Å²) < 4.78 is 2.28. The molecule has 2 aromatic carbocycles. The van der Waals surface area contributed by atoms with Crippen molar-refractivity contribution in [1.29, 1.82) is 0 Å². The molecule has 1 amide bonds. The van der Waals surface area contributed by atoms with Gasteiger partial charge < -0.3 is 9.88 Å². The van der Waals surface area contributed by atoms with E-state index in [1.54, 1.807) is 0 Å². The van der Waals surface area contributed by atoms with Gasteiger partial charge in [0, 0.05) is 23.5 Å². The molecule has 1 aliphatic rings. The number of fused-ring (bicyclic) bond motifs is 3. The SMILES string of the molecule is Cc1ccccc1C(=O)Nc1ccc2c(c1)nc1n2CCSC1. The maximum atomic E-state index is 12.4. The molecule has 1 aromatic heterocycles. The number of benzene rings is 2. The van der Waals surface area contributed by atoms with E-state index in [2.05, 4.69) is 16.0 Å². The zero-order valence-electron chi connectivity index (χ0n) is 12.9. The van der Waals surface area contributed by atoms with Gasteiger partial charge in [-0.25, -0.2) is 4.98 Å². The van der Waals surface area contributed by atoms with E-state index in [-0.39, 0.29) is 5.91 Å². The van der Waals surface area contributed by atoms with Crippen molar-refractivity contribution in [1.82, 2.24) is 9.55 Å². The average molecular weight is 323 g/mol. The Bertz CT molecular complexity index is 900. The minimum atomic E-state index is -0.0815. The Kier molecular flexibility index (Phi) is 3.58. The first-order valence-corrected chi connectivity index (χ1v) is 8.82. The van der Waals surface area contributed by atoms with Crippen LogP contribution in [0.2, 0.25) is 0 Å². The van der Waals surface area contributed by atoms with Crippen LogP contribution in [0.15, 0.2) is 42.5 Å². The van der Waals surface area contributed by atoms with Crippen LogP contribution >= 0.6 is 11.8 Å². The first-order valence-electron chi connectivity index (χ1n) is 7.66. The Balaban J connectivity index is 1.65. The minimum absolute atomic E-state index is 0.0815. The van der Waals surface area contributed by atoms with Crippen molar-refractivity contribution in [3.63, 3.8) is 0 Å². The number of rotatable bonds is 2. The minimum Gasteiger partial charge on any atom is -0.326 e. The first kappa shape index (κ1) is 14.3. The molecule has 0 spiro atoms. The standard InChI is InChI=1S/C18H17N3OS/c1-12-4-2-3-5-14(12)18(22)19-13-6-7-16-15(10-13)20-17-11-23-9-8-21(16)17/h2-7,10H,8-9,11H2,1H3,(H,19,22). The number of hydrogen-bond donors (Lipinski definition) is 1. The second-order valence-electron chi connectivity index (χ2n) is 5.70. The third kappa shape index (κ3) is 2.61. The van der Waals surface area contributed by atoms with E-state index in [1.165, 1.54) is 0 Å². The molecule has 0 aliphatic carbocycles. The summed E-state index contributed by atoms with van der Waals surface area (Å²) in [6.07, 6.45) is 0. The average Bonchev–Trinajstić information content (AvgIpc) is 2.92. The predicted molar refractivity (Wildman–Crippen MR) is 95.0 cm³/mol. The Morgan fingerprint density at radius 2 is 2.13 bits per heavy atom. The normalized spacial score (nSPS) is 13.8. The summed E-state index contributed by atoms with van der Waals surface area (Å²) in [5.41, 5.74) is 4.56. The van der Waals surface area contributed by atoms with Gasteiger partial charge in [-0.05, 0) is 36.8 Å². The van der Waals surface area contributed by atoms with Crippen molar-refractivity contribution in [3.05, 3.63) is 59.4 Å². The largest absolute Gasteiger partial charge is 0.326 e. The first-order chi connectivity index (χ1) is 11.2. The Labute approximate surface area is 138 Å². The van der Waals surface area contributed by atoms with Crippen molar-refractivity contribution in [3.8, 4) is 0 Å². The lowest BCUT2D eigenvalue weighted by atomic mass is 10.1. The molecular formula is C18H17N3OS. The van der Waals surface area contributed by atoms with Gasteiger partial charge in [0.25, 0.3) is 5.91 Å². The Morgan fingerprint density at radius 3 is 3.00 bits per heavy atom. The van der Waals surface area contributed by atoms with Gasteiger partial charge in [0.1, 0.15) is 5.82 Å². The topological polar surface area (TPSA) is 46.9 Å². The number of hydrogen-bond acceptors (Lipinski definition) is 3. The number of carbonyl (C=O) groups excluding carboxylic acids is 1. The molecule has 1 N–H and O–H groups in total. The van der Waals surface area contributed by atoms with Gasteiger partial charge >= 0.3 is 0 Å². The zero-order valence-corrected chi connectivity index (χ0v) is 13.7. The summed E-state index contributed by atoms with van der Waals surface area (Å²) in [6.45, 7) is 2.95. The second-order valence-corrected chi connectivity index (χ2v) is 6.81. The summed E-state index contributed by atoms with van der Waals surface area (Å²) in [5.74, 6) is 3.13. The number of nitrogens with zero attached hydrogens (tertiary/aromatic N) is 2. The molecular weight excluding hydrogens is 306 g/mol. The van der Waals surface area contributed by atoms with E-state index < -0.39 is 0 Å². The van der Waals surface area contributed by atoms with Crippen LogP contribution in [0.25, 0.3) is 11.0 Å². The third-order valence-corrected chi connectivity index (χ3v) is 5.10. The number of imidazole rings is 1. The smallest absolute Gasteiger partial charge is 0.255 e. The predicted octanol–water partition coefficient (Wildman–Crippen LogP) is 3.84. The molecule has 4 nitrogen and oxygen atoms in total. The molecule has 0 atom stereocenters. The maximum absolute atomic E-state index is 12.4. The van der Waals surface area contributed by atoms with Crippen LogP contribution in [-0.4, -0.2) is 21.2 Å². The number of aryl methyl sites for hydroxylation is 2. The summed E-state index contributed by atoms with van der Waals surface area (Å²) >= 11 is 1.91. The van der Waals surface area contributed by atoms with Gasteiger partial charge in [-0.3, -0.25) is 4.79 Å². The summed E-state index contributed by atoms with van der Waals surface area (Å²) in [6, 6.07) is 13.6. The molecule has 0 bridgehead atoms. The van der Waals surface area contributed by atoms with Crippen LogP contribution in [0.1, 0.15) is 21.7 Å². The third-order valence-electron chi connectivity index (χ3n) is 4.17. The van der Waals surface area contributed by atoms with Gasteiger partial charge in [0.05, 0.1) is 16.8 Å². The van der Waals surface area contributed by atoms with Crippen LogP contribution in [0.5, 0.6) is 0 Å². The molecule has 116 valence electrons. The highest BCUT2D eigenvalue weighted by Gasteiger charge is 2.15. The lowest BCUT2D eigenvalue weighted by Crippen LogP contribution is -2.13. The van der Waals surface area contributed by atoms with Crippen LogP contribution < -0.4 is 5.32 Å². The van der Waals surface area contributed by atoms with Crippen LogP contribution in [0, 0.1) is 6.92 Å². The molecule has 0 fully saturated rings. The van der Waals surface area contributed by atoms with Crippen molar-refractivity contribution in [2.75, 3.05) is 11.1 Å². The van der Waals surface area contributed by atoms with Crippen molar-refractivity contribution < 1.29 is 4.79 Å². The van der Waals surface area contributed by atoms with E-state index in [1.807, 2.05) is 55.1 Å². The van der Waals surface area contributed by atoms with E-state index in [4.69, 9.17) is 4.98 Å². The fourth-order valence-electron chi connectivity index (χ4n) is 2.96. The molecule has 1 aliphatic heterocycles. The molecule has 0 radical (unpaired) electrons. The highest BCUT2D eigenvalue weighted by molar-refractivity contribution is 7.98. The molecule has 4 rings (SSSR count). The molecule has 5 heteroatoms. The molecule has 0 saturated heterocycles. The fraction of sp³-hybridized carbons (Fsp3) is 0.222. The van der Waals surface area contributed by atoms with Crippen molar-refractivity contribution in [2.24, 2.45) is 0 Å². The number of anilines is 1. The number of thioether (sulfide) groups is 1. The number of carbonyl (C=O) groups is 1. The second kappa shape index (κ2) is 5.74. The lowest BCUT2D eigenvalue weighted by molar-refractivity contribution is 0.102. The highest BCUT2D eigenvalue weighted by atomic mass is 32.2. The quantitative estimate of drug-likeness (QED) is 0.779. The lowest BCUT2D eigenvalue weighted by Gasteiger charge is -2.13. The van der Waals surface area contributed by atoms with Gasteiger partial charge in [0.15, 0.2) is 0 Å². The van der Waals surface area contributed by atoms with Crippen LogP contribution in [0.3, 0.4) is 0 Å². The van der Waals surface area contributed by atoms with E-state index in [9.17, 15) is 4.79 Å². The summed E-state index contributed by atoms with van der Waals surface area (Å²) in [5, 5.41) is 2.98. The molecule has 3 aromatic rings. The van der Waals surface area contributed by atoms with E-state index in [0.29, 0.717) is 5.56 Å². The fourth-order valence-corrected chi connectivity index (χ4v) is 3.82. The number of aromatic nitrogens is 2.